The highest BCUT2D eigenvalue weighted by Crippen LogP contribution is 2.30. The van der Waals surface area contributed by atoms with E-state index in [1.807, 2.05) is 12.1 Å². The molecule has 3 heteroatoms. The van der Waals surface area contributed by atoms with Crippen molar-refractivity contribution in [2.45, 2.75) is 52.4 Å². The van der Waals surface area contributed by atoms with Gasteiger partial charge in [-0.05, 0) is 33.6 Å². The summed E-state index contributed by atoms with van der Waals surface area (Å²) in [6.45, 7) is 12.8. The molecule has 0 aromatic heterocycles. The van der Waals surface area contributed by atoms with E-state index in [-0.39, 0.29) is 10.8 Å². The third-order valence-corrected chi connectivity index (χ3v) is 3.24. The van der Waals surface area contributed by atoms with E-state index in [1.165, 1.54) is 6.08 Å². The zero-order valence-corrected chi connectivity index (χ0v) is 13.2. The number of carbonyl (C=O) groups excluding carboxylic acids is 1. The van der Waals surface area contributed by atoms with Gasteiger partial charge in [-0.2, -0.15) is 0 Å². The van der Waals surface area contributed by atoms with Gasteiger partial charge in [-0.25, -0.2) is 0 Å². The van der Waals surface area contributed by atoms with Crippen LogP contribution in [-0.4, -0.2) is 11.0 Å². The maximum absolute atomic E-state index is 11.0. The average molecular weight is 275 g/mol. The zero-order chi connectivity index (χ0) is 15.7. The van der Waals surface area contributed by atoms with E-state index in [2.05, 4.69) is 47.6 Å². The van der Waals surface area contributed by atoms with Crippen LogP contribution >= 0.6 is 0 Å². The summed E-state index contributed by atoms with van der Waals surface area (Å²) in [5.74, 6) is -1.24. The minimum Gasteiger partial charge on any atom is -0.503 e. The summed E-state index contributed by atoms with van der Waals surface area (Å²) in [6, 6.07) is 6.14. The first-order chi connectivity index (χ1) is 8.91. The van der Waals surface area contributed by atoms with Gasteiger partial charge in [0.15, 0.2) is 5.76 Å². The van der Waals surface area contributed by atoms with Crippen molar-refractivity contribution in [2.24, 2.45) is 5.73 Å². The molecule has 1 aromatic carbocycles. The van der Waals surface area contributed by atoms with Crippen LogP contribution in [-0.2, 0) is 15.6 Å². The van der Waals surface area contributed by atoms with Crippen molar-refractivity contribution in [1.82, 2.24) is 0 Å². The molecule has 110 valence electrons. The molecule has 0 saturated carbocycles. The second-order valence-corrected chi connectivity index (χ2v) is 7.24. The second kappa shape index (κ2) is 5.31. The molecule has 3 nitrogen and oxygen atoms in total. The largest absolute Gasteiger partial charge is 0.503 e. The third-order valence-electron chi connectivity index (χ3n) is 3.24. The van der Waals surface area contributed by atoms with Crippen molar-refractivity contribution in [3.05, 3.63) is 40.6 Å². The van der Waals surface area contributed by atoms with Crippen LogP contribution in [0.4, 0.5) is 0 Å². The van der Waals surface area contributed by atoms with Crippen LogP contribution in [0.5, 0.6) is 0 Å². The summed E-state index contributed by atoms with van der Waals surface area (Å²) in [6.07, 6.45) is 1.42. The highest BCUT2D eigenvalue weighted by molar-refractivity contribution is 5.94. The van der Waals surface area contributed by atoms with Crippen molar-refractivity contribution in [2.75, 3.05) is 0 Å². The first-order valence-electron chi connectivity index (χ1n) is 6.78. The molecule has 0 radical (unpaired) electrons. The Hall–Kier alpha value is -1.77. The number of amides is 1. The number of hydrogen-bond donors (Lipinski definition) is 2. The van der Waals surface area contributed by atoms with Crippen molar-refractivity contribution in [1.29, 1.82) is 0 Å². The standard InChI is InChI=1S/C17H25NO2/c1-16(2,3)12-7-11(9-14(19)15(18)20)8-13(10-12)17(4,5)6/h7-10,19H,1-6H3,(H2,18,20). The van der Waals surface area contributed by atoms with Gasteiger partial charge in [0.1, 0.15) is 0 Å². The lowest BCUT2D eigenvalue weighted by molar-refractivity contribution is -0.116. The van der Waals surface area contributed by atoms with E-state index in [9.17, 15) is 9.90 Å². The fraction of sp³-hybridized carbons (Fsp3) is 0.471. The van der Waals surface area contributed by atoms with Crippen molar-refractivity contribution in [3.63, 3.8) is 0 Å². The number of aliphatic hydroxyl groups excluding tert-OH is 1. The van der Waals surface area contributed by atoms with Gasteiger partial charge in [-0.1, -0.05) is 59.7 Å². The van der Waals surface area contributed by atoms with Crippen LogP contribution in [0.25, 0.3) is 6.08 Å². The van der Waals surface area contributed by atoms with E-state index in [1.54, 1.807) is 0 Å². The predicted molar refractivity (Wildman–Crippen MR) is 83.6 cm³/mol. The maximum Gasteiger partial charge on any atom is 0.283 e. The number of primary amides is 1. The fourth-order valence-electron chi connectivity index (χ4n) is 1.83. The van der Waals surface area contributed by atoms with Gasteiger partial charge in [0.05, 0.1) is 0 Å². The Labute approximate surface area is 121 Å². The molecule has 0 saturated heterocycles. The lowest BCUT2D eigenvalue weighted by Gasteiger charge is -2.25. The zero-order valence-electron chi connectivity index (χ0n) is 13.2. The number of nitrogens with two attached hydrogens (primary N) is 1. The van der Waals surface area contributed by atoms with Crippen LogP contribution in [0.3, 0.4) is 0 Å². The van der Waals surface area contributed by atoms with Gasteiger partial charge in [0.2, 0.25) is 0 Å². The second-order valence-electron chi connectivity index (χ2n) is 7.24. The maximum atomic E-state index is 11.0. The Morgan fingerprint density at radius 3 is 1.70 bits per heavy atom. The molecule has 0 aliphatic carbocycles. The Morgan fingerprint density at radius 2 is 1.40 bits per heavy atom. The van der Waals surface area contributed by atoms with E-state index >= 15 is 0 Å². The monoisotopic (exact) mass is 275 g/mol. The van der Waals surface area contributed by atoms with E-state index < -0.39 is 11.7 Å². The summed E-state index contributed by atoms with van der Waals surface area (Å²) in [4.78, 5) is 11.0. The molecule has 3 N–H and O–H groups in total. The Morgan fingerprint density at radius 1 is 1.00 bits per heavy atom. The lowest BCUT2D eigenvalue weighted by Crippen LogP contribution is -2.17. The molecule has 1 rings (SSSR count). The molecule has 0 bridgehead atoms. The number of aliphatic hydroxyl groups is 1. The first kappa shape index (κ1) is 16.3. The number of rotatable bonds is 2. The minimum atomic E-state index is -0.816. The Kier molecular flexibility index (Phi) is 4.33. The molecule has 0 aliphatic rings. The highest BCUT2D eigenvalue weighted by Gasteiger charge is 2.20. The van der Waals surface area contributed by atoms with Gasteiger partial charge in [0, 0.05) is 0 Å². The molecule has 0 fully saturated rings. The first-order valence-corrected chi connectivity index (χ1v) is 6.78. The van der Waals surface area contributed by atoms with E-state index in [0.29, 0.717) is 0 Å². The topological polar surface area (TPSA) is 63.3 Å². The van der Waals surface area contributed by atoms with Crippen LogP contribution in [0.15, 0.2) is 24.0 Å². The summed E-state index contributed by atoms with van der Waals surface area (Å²) in [5.41, 5.74) is 8.17. The van der Waals surface area contributed by atoms with Crippen LogP contribution in [0, 0.1) is 0 Å². The number of hydrogen-bond acceptors (Lipinski definition) is 2. The summed E-state index contributed by atoms with van der Waals surface area (Å²) < 4.78 is 0. The normalized spacial score (nSPS) is 13.4. The molecule has 0 aliphatic heterocycles. The van der Waals surface area contributed by atoms with Gasteiger partial charge in [-0.15, -0.1) is 0 Å². The predicted octanol–water partition coefficient (Wildman–Crippen LogP) is 3.67. The molecule has 0 heterocycles. The van der Waals surface area contributed by atoms with Crippen LogP contribution in [0.1, 0.15) is 58.2 Å². The summed E-state index contributed by atoms with van der Waals surface area (Å²) in [5, 5.41) is 9.55. The minimum absolute atomic E-state index is 0.00775. The Bertz CT molecular complexity index is 511. The smallest absolute Gasteiger partial charge is 0.283 e. The SMILES string of the molecule is CC(C)(C)c1cc(C=C(O)C(N)=O)cc(C(C)(C)C)c1. The molecule has 20 heavy (non-hydrogen) atoms. The van der Waals surface area contributed by atoms with Crippen molar-refractivity contribution in [3.8, 4) is 0 Å². The molecular weight excluding hydrogens is 250 g/mol. The average Bonchev–Trinajstić information content (AvgIpc) is 2.26. The van der Waals surface area contributed by atoms with Crippen molar-refractivity contribution >= 4 is 12.0 Å². The lowest BCUT2D eigenvalue weighted by atomic mass is 9.79. The molecule has 1 aromatic rings. The van der Waals surface area contributed by atoms with Gasteiger partial charge < -0.3 is 10.8 Å². The fourth-order valence-corrected chi connectivity index (χ4v) is 1.83. The van der Waals surface area contributed by atoms with Crippen LogP contribution in [0.2, 0.25) is 0 Å². The molecular formula is C17H25NO2. The third kappa shape index (κ3) is 4.12. The molecule has 0 unspecified atom stereocenters. The van der Waals surface area contributed by atoms with Gasteiger partial charge >= 0.3 is 0 Å². The van der Waals surface area contributed by atoms with E-state index in [0.717, 1.165) is 16.7 Å². The van der Waals surface area contributed by atoms with Crippen LogP contribution < -0.4 is 5.73 Å². The number of carbonyl (C=O) groups is 1. The quantitative estimate of drug-likeness (QED) is 0.639. The highest BCUT2D eigenvalue weighted by atomic mass is 16.3. The Balaban J connectivity index is 3.47. The summed E-state index contributed by atoms with van der Waals surface area (Å²) >= 11 is 0. The van der Waals surface area contributed by atoms with Crippen molar-refractivity contribution < 1.29 is 9.90 Å². The summed E-state index contributed by atoms with van der Waals surface area (Å²) in [7, 11) is 0. The van der Waals surface area contributed by atoms with E-state index in [4.69, 9.17) is 5.73 Å². The molecule has 1 amide bonds. The molecule has 0 spiro atoms. The number of benzene rings is 1. The van der Waals surface area contributed by atoms with Gasteiger partial charge in [-0.3, -0.25) is 4.79 Å². The van der Waals surface area contributed by atoms with Gasteiger partial charge in [0.25, 0.3) is 5.91 Å². The molecule has 0 atom stereocenters.